The van der Waals surface area contributed by atoms with Crippen LogP contribution in [0.5, 0.6) is 0 Å². The maximum atomic E-state index is 13.2. The number of benzene rings is 1. The zero-order valence-corrected chi connectivity index (χ0v) is 14.8. The Bertz CT molecular complexity index is 854. The molecule has 0 saturated carbocycles. The number of aromatic nitrogens is 1. The lowest BCUT2D eigenvalue weighted by molar-refractivity contribution is 0.0922. The maximum absolute atomic E-state index is 13.2. The van der Waals surface area contributed by atoms with E-state index in [-0.39, 0.29) is 23.4 Å². The second-order valence-electron chi connectivity index (χ2n) is 6.04. The maximum Gasteiger partial charge on any atom is 0.289 e. The van der Waals surface area contributed by atoms with Crippen LogP contribution in [0.3, 0.4) is 0 Å². The zero-order valence-electron chi connectivity index (χ0n) is 14.8. The van der Waals surface area contributed by atoms with Crippen molar-refractivity contribution in [2.75, 3.05) is 6.54 Å². The third-order valence-corrected chi connectivity index (χ3v) is 4.23. The van der Waals surface area contributed by atoms with E-state index in [1.807, 2.05) is 19.1 Å². The molecule has 26 heavy (non-hydrogen) atoms. The third kappa shape index (κ3) is 4.02. The minimum Gasteiger partial charge on any atom is -0.469 e. The Kier molecular flexibility index (Phi) is 5.51. The van der Waals surface area contributed by atoms with Gasteiger partial charge in [0, 0.05) is 18.9 Å². The molecule has 0 aliphatic heterocycles. The van der Waals surface area contributed by atoms with Crippen LogP contribution in [0.4, 0.5) is 4.39 Å². The number of nitrogens with zero attached hydrogens (tertiary/aromatic N) is 1. The minimum absolute atomic E-state index is 0.0760. The molecule has 3 rings (SSSR count). The number of carbonyl (C=O) groups excluding carboxylic acids is 1. The Morgan fingerprint density at radius 2 is 2.04 bits per heavy atom. The minimum atomic E-state index is -0.285. The molecule has 0 saturated heterocycles. The van der Waals surface area contributed by atoms with Crippen LogP contribution >= 0.6 is 0 Å². The molecule has 2 aromatic heterocycles. The average Bonchev–Trinajstić information content (AvgIpc) is 3.29. The number of hydrogen-bond donors (Lipinski definition) is 1. The number of aryl methyl sites for hydroxylation is 2. The summed E-state index contributed by atoms with van der Waals surface area (Å²) >= 11 is 0. The second-order valence-corrected chi connectivity index (χ2v) is 6.04. The molecule has 6 heteroatoms. The van der Waals surface area contributed by atoms with E-state index in [0.29, 0.717) is 31.0 Å². The van der Waals surface area contributed by atoms with E-state index < -0.39 is 0 Å². The van der Waals surface area contributed by atoms with Crippen molar-refractivity contribution in [1.82, 2.24) is 10.3 Å². The fourth-order valence-corrected chi connectivity index (χ4v) is 2.88. The van der Waals surface area contributed by atoms with Crippen LogP contribution in [-0.2, 0) is 6.42 Å². The first-order valence-corrected chi connectivity index (χ1v) is 8.61. The van der Waals surface area contributed by atoms with E-state index in [0.717, 1.165) is 11.3 Å². The highest BCUT2D eigenvalue weighted by molar-refractivity contribution is 5.92. The van der Waals surface area contributed by atoms with Crippen molar-refractivity contribution in [3.8, 4) is 0 Å². The van der Waals surface area contributed by atoms with Crippen LogP contribution in [0.2, 0.25) is 0 Å². The van der Waals surface area contributed by atoms with Gasteiger partial charge in [0.15, 0.2) is 5.89 Å². The van der Waals surface area contributed by atoms with Crippen LogP contribution in [0.25, 0.3) is 0 Å². The third-order valence-electron chi connectivity index (χ3n) is 4.23. The Balaban J connectivity index is 1.67. The molecular formula is C20H21FN2O3. The Morgan fingerprint density at radius 3 is 2.65 bits per heavy atom. The van der Waals surface area contributed by atoms with Crippen LogP contribution < -0.4 is 5.32 Å². The van der Waals surface area contributed by atoms with E-state index >= 15 is 0 Å². The van der Waals surface area contributed by atoms with Gasteiger partial charge in [-0.25, -0.2) is 9.37 Å². The Morgan fingerprint density at radius 1 is 1.27 bits per heavy atom. The van der Waals surface area contributed by atoms with Gasteiger partial charge in [-0.2, -0.15) is 0 Å². The number of furan rings is 1. The van der Waals surface area contributed by atoms with Gasteiger partial charge in [-0.3, -0.25) is 4.79 Å². The van der Waals surface area contributed by atoms with Crippen molar-refractivity contribution in [1.29, 1.82) is 0 Å². The second kappa shape index (κ2) is 7.99. The highest BCUT2D eigenvalue weighted by atomic mass is 19.1. The molecule has 1 amide bonds. The first kappa shape index (κ1) is 17.9. The van der Waals surface area contributed by atoms with Gasteiger partial charge in [-0.1, -0.05) is 19.1 Å². The highest BCUT2D eigenvalue weighted by Crippen LogP contribution is 2.28. The number of hydrogen-bond acceptors (Lipinski definition) is 4. The molecule has 0 unspecified atom stereocenters. The van der Waals surface area contributed by atoms with Gasteiger partial charge in [-0.15, -0.1) is 0 Å². The lowest BCUT2D eigenvalue weighted by Crippen LogP contribution is -2.26. The molecular weight excluding hydrogens is 335 g/mol. The Hall–Kier alpha value is -2.89. The predicted octanol–water partition coefficient (Wildman–Crippen LogP) is 4.23. The number of rotatable bonds is 7. The lowest BCUT2D eigenvalue weighted by Gasteiger charge is -2.15. The quantitative estimate of drug-likeness (QED) is 0.688. The molecule has 2 heterocycles. The number of carbonyl (C=O) groups is 1. The summed E-state index contributed by atoms with van der Waals surface area (Å²) in [7, 11) is 0. The van der Waals surface area contributed by atoms with E-state index in [4.69, 9.17) is 8.83 Å². The smallest absolute Gasteiger partial charge is 0.289 e. The van der Waals surface area contributed by atoms with Gasteiger partial charge in [0.25, 0.3) is 5.91 Å². The van der Waals surface area contributed by atoms with Gasteiger partial charge in [0.1, 0.15) is 11.6 Å². The summed E-state index contributed by atoms with van der Waals surface area (Å²) in [5.41, 5.74) is 1.51. The fraction of sp³-hybridized carbons (Fsp3) is 0.300. The van der Waals surface area contributed by atoms with E-state index in [1.54, 1.807) is 25.3 Å². The Labute approximate surface area is 151 Å². The first-order valence-electron chi connectivity index (χ1n) is 8.61. The molecule has 5 nitrogen and oxygen atoms in total. The number of amides is 1. The van der Waals surface area contributed by atoms with Crippen LogP contribution in [-0.4, -0.2) is 17.4 Å². The monoisotopic (exact) mass is 356 g/mol. The van der Waals surface area contributed by atoms with E-state index in [1.165, 1.54) is 12.1 Å². The summed E-state index contributed by atoms with van der Waals surface area (Å²) < 4.78 is 24.2. The van der Waals surface area contributed by atoms with Crippen LogP contribution in [0.15, 0.2) is 51.5 Å². The van der Waals surface area contributed by atoms with Crippen molar-refractivity contribution < 1.29 is 18.0 Å². The molecule has 0 bridgehead atoms. The summed E-state index contributed by atoms with van der Waals surface area (Å²) in [4.78, 5) is 16.5. The summed E-state index contributed by atoms with van der Waals surface area (Å²) in [6.07, 6.45) is 2.85. The van der Waals surface area contributed by atoms with Gasteiger partial charge < -0.3 is 14.2 Å². The van der Waals surface area contributed by atoms with Crippen molar-refractivity contribution in [2.45, 2.75) is 32.6 Å². The normalized spacial score (nSPS) is 12.1. The van der Waals surface area contributed by atoms with Crippen molar-refractivity contribution in [2.24, 2.45) is 0 Å². The largest absolute Gasteiger partial charge is 0.469 e. The van der Waals surface area contributed by atoms with Gasteiger partial charge >= 0.3 is 0 Å². The number of nitrogens with one attached hydrogen (secondary N) is 1. The zero-order chi connectivity index (χ0) is 18.5. The summed E-state index contributed by atoms with van der Waals surface area (Å²) in [5, 5.41) is 2.86. The number of halogens is 1. The number of oxazole rings is 1. The topological polar surface area (TPSA) is 68.3 Å². The van der Waals surface area contributed by atoms with Gasteiger partial charge in [0.2, 0.25) is 5.76 Å². The fourth-order valence-electron chi connectivity index (χ4n) is 2.88. The highest BCUT2D eigenvalue weighted by Gasteiger charge is 2.20. The molecule has 136 valence electrons. The molecule has 1 aromatic carbocycles. The van der Waals surface area contributed by atoms with Crippen molar-refractivity contribution >= 4 is 5.91 Å². The standard InChI is InChI=1S/C20H21FN2O3/c1-3-18-23-13(2)19(26-18)20(24)22-11-10-16(17-5-4-12-25-17)14-6-8-15(21)9-7-14/h4-9,12,16H,3,10-11H2,1-2H3,(H,22,24)/t16-/m1/s1. The summed E-state index contributed by atoms with van der Waals surface area (Å²) in [5.74, 6) is 0.924. The lowest BCUT2D eigenvalue weighted by atomic mass is 9.93. The molecule has 3 aromatic rings. The summed E-state index contributed by atoms with van der Waals surface area (Å²) in [6.45, 7) is 4.09. The molecule has 1 atom stereocenters. The molecule has 0 radical (unpaired) electrons. The molecule has 0 spiro atoms. The van der Waals surface area contributed by atoms with E-state index in [2.05, 4.69) is 10.3 Å². The van der Waals surface area contributed by atoms with Gasteiger partial charge in [0.05, 0.1) is 12.0 Å². The SMILES string of the molecule is CCc1nc(C)c(C(=O)NCC[C@H](c2ccc(F)cc2)c2ccco2)o1. The van der Waals surface area contributed by atoms with Crippen LogP contribution in [0.1, 0.15) is 52.7 Å². The van der Waals surface area contributed by atoms with Gasteiger partial charge in [-0.05, 0) is 43.2 Å². The van der Waals surface area contributed by atoms with Crippen LogP contribution in [0, 0.1) is 12.7 Å². The molecule has 0 aliphatic carbocycles. The molecule has 0 aliphatic rings. The molecule has 0 fully saturated rings. The van der Waals surface area contributed by atoms with Crippen molar-refractivity contribution in [3.63, 3.8) is 0 Å². The predicted molar refractivity (Wildman–Crippen MR) is 94.5 cm³/mol. The van der Waals surface area contributed by atoms with Crippen molar-refractivity contribution in [3.05, 3.63) is 77.1 Å². The average molecular weight is 356 g/mol. The van der Waals surface area contributed by atoms with E-state index in [9.17, 15) is 9.18 Å². The summed E-state index contributed by atoms with van der Waals surface area (Å²) in [6, 6.07) is 10.0. The molecule has 1 N–H and O–H groups in total. The first-order chi connectivity index (χ1) is 12.6.